The van der Waals surface area contributed by atoms with Gasteiger partial charge in [0.25, 0.3) is 0 Å². The zero-order valence-electron chi connectivity index (χ0n) is 24.7. The molecule has 1 aliphatic rings. The summed E-state index contributed by atoms with van der Waals surface area (Å²) in [5.41, 5.74) is 13.1. The van der Waals surface area contributed by atoms with Crippen molar-refractivity contribution in [3.63, 3.8) is 0 Å². The van der Waals surface area contributed by atoms with Crippen molar-refractivity contribution < 1.29 is 24.9 Å². The minimum atomic E-state index is -0.576. The first-order chi connectivity index (χ1) is 20.9. The van der Waals surface area contributed by atoms with Crippen LogP contribution in [0.1, 0.15) is 85.0 Å². The fourth-order valence-electron chi connectivity index (χ4n) is 5.76. The predicted molar refractivity (Wildman–Crippen MR) is 167 cm³/mol. The number of aliphatic hydroxyl groups is 2. The van der Waals surface area contributed by atoms with E-state index in [4.69, 9.17) is 10.5 Å². The molecule has 0 radical (unpaired) electrons. The fourth-order valence-corrected chi connectivity index (χ4v) is 5.76. The summed E-state index contributed by atoms with van der Waals surface area (Å²) in [6.45, 7) is 2.25. The summed E-state index contributed by atoms with van der Waals surface area (Å²) in [7, 11) is 0. The number of nitrogens with zero attached hydrogens (tertiary/aromatic N) is 1. The Morgan fingerprint density at radius 2 is 2.02 bits per heavy atom. The largest absolute Gasteiger partial charge is 0.504 e. The van der Waals surface area contributed by atoms with Gasteiger partial charge in [0, 0.05) is 43.2 Å². The molecular formula is C34H42N4O5. The van der Waals surface area contributed by atoms with Crippen molar-refractivity contribution in [3.05, 3.63) is 88.5 Å². The van der Waals surface area contributed by atoms with Crippen molar-refractivity contribution >= 4 is 22.8 Å². The predicted octanol–water partition coefficient (Wildman–Crippen LogP) is 5.16. The number of ether oxygens (including phenoxy) is 1. The second-order valence-electron chi connectivity index (χ2n) is 11.4. The van der Waals surface area contributed by atoms with Gasteiger partial charge in [-0.2, -0.15) is 0 Å². The average Bonchev–Trinajstić information content (AvgIpc) is 3.57. The van der Waals surface area contributed by atoms with Crippen LogP contribution in [0.25, 0.3) is 17.0 Å². The van der Waals surface area contributed by atoms with Crippen LogP contribution in [-0.2, 0) is 31.0 Å². The molecule has 0 saturated heterocycles. The van der Waals surface area contributed by atoms with Gasteiger partial charge in [-0.3, -0.25) is 4.79 Å². The van der Waals surface area contributed by atoms with Crippen molar-refractivity contribution in [2.45, 2.75) is 83.9 Å². The number of aryl methyl sites for hydroxylation is 1. The average molecular weight is 587 g/mol. The monoisotopic (exact) mass is 586 g/mol. The molecule has 2 aromatic carbocycles. The normalized spacial score (nSPS) is 14.9. The van der Waals surface area contributed by atoms with Crippen LogP contribution in [0, 0.1) is 0 Å². The molecule has 1 aliphatic heterocycles. The molecule has 0 amide bonds. The van der Waals surface area contributed by atoms with E-state index in [1.165, 1.54) is 0 Å². The summed E-state index contributed by atoms with van der Waals surface area (Å²) in [5.74, 6) is 0.420. The Morgan fingerprint density at radius 1 is 1.16 bits per heavy atom. The van der Waals surface area contributed by atoms with Crippen LogP contribution in [-0.4, -0.2) is 36.8 Å². The van der Waals surface area contributed by atoms with Crippen molar-refractivity contribution in [1.29, 1.82) is 0 Å². The molecule has 0 saturated carbocycles. The maximum Gasteiger partial charge on any atom is 0.165 e. The number of aromatic nitrogens is 2. The third kappa shape index (κ3) is 7.30. The first kappa shape index (κ1) is 30.4. The van der Waals surface area contributed by atoms with E-state index in [1.807, 2.05) is 47.6 Å². The number of carbonyl (C=O) groups is 1. The first-order valence-corrected chi connectivity index (χ1v) is 15.1. The van der Waals surface area contributed by atoms with E-state index in [9.17, 15) is 20.1 Å². The van der Waals surface area contributed by atoms with Gasteiger partial charge in [0.05, 0.1) is 18.2 Å². The molecule has 2 atom stereocenters. The van der Waals surface area contributed by atoms with E-state index in [0.29, 0.717) is 31.4 Å². The molecule has 0 fully saturated rings. The number of carbonyl (C=O) groups excluding carboxylic acids is 1. The van der Waals surface area contributed by atoms with Crippen molar-refractivity contribution in [2.24, 2.45) is 5.73 Å². The molecule has 0 bridgehead atoms. The number of phenolic OH excluding ortho intramolecular Hbond substituents is 1. The summed E-state index contributed by atoms with van der Waals surface area (Å²) < 4.78 is 7.89. The number of Topliss-reactive ketones (excluding diaryl/α,β-unsaturated/α-hetero) is 1. The zero-order valence-corrected chi connectivity index (χ0v) is 24.7. The summed E-state index contributed by atoms with van der Waals surface area (Å²) in [6.07, 6.45) is 14.3. The molecule has 43 heavy (non-hydrogen) atoms. The molecule has 2 aromatic heterocycles. The quantitative estimate of drug-likeness (QED) is 0.106. The lowest BCUT2D eigenvalue weighted by Gasteiger charge is -2.23. The Morgan fingerprint density at radius 3 is 2.84 bits per heavy atom. The second-order valence-corrected chi connectivity index (χ2v) is 11.4. The van der Waals surface area contributed by atoms with E-state index in [1.54, 1.807) is 18.2 Å². The molecule has 7 N–H and O–H groups in total. The number of phenols is 1. The highest BCUT2D eigenvalue weighted by atomic mass is 16.5. The number of H-pyrrole nitrogens is 1. The van der Waals surface area contributed by atoms with Crippen molar-refractivity contribution in [3.8, 4) is 11.5 Å². The SMILES string of the molecule is CCCCCC(O)CC(=O)CCc1ccc(O)c(OCn2cc3[nH]cc(Cc4c(CO)ccc5c4C=CNC5N)c3c2)c1. The molecule has 4 aromatic rings. The van der Waals surface area contributed by atoms with E-state index >= 15 is 0 Å². The van der Waals surface area contributed by atoms with Gasteiger partial charge in [-0.05, 0) is 70.6 Å². The number of aromatic hydroxyl groups is 1. The second kappa shape index (κ2) is 13.9. The van der Waals surface area contributed by atoms with Crippen LogP contribution in [0.15, 0.2) is 55.1 Å². The Labute approximate surface area is 252 Å². The molecule has 9 nitrogen and oxygen atoms in total. The van der Waals surface area contributed by atoms with Crippen molar-refractivity contribution in [2.75, 3.05) is 0 Å². The van der Waals surface area contributed by atoms with E-state index < -0.39 is 6.10 Å². The number of unbranched alkanes of at least 4 members (excludes halogenated alkanes) is 2. The number of aromatic amines is 1. The van der Waals surface area contributed by atoms with Crippen molar-refractivity contribution in [1.82, 2.24) is 14.9 Å². The topological polar surface area (TPSA) is 146 Å². The Balaban J connectivity index is 1.23. The molecule has 2 unspecified atom stereocenters. The summed E-state index contributed by atoms with van der Waals surface area (Å²) >= 11 is 0. The van der Waals surface area contributed by atoms with Gasteiger partial charge in [0.2, 0.25) is 0 Å². The van der Waals surface area contributed by atoms with E-state index in [0.717, 1.165) is 63.5 Å². The highest BCUT2D eigenvalue weighted by Crippen LogP contribution is 2.32. The van der Waals surface area contributed by atoms with Crippen LogP contribution in [0.2, 0.25) is 0 Å². The summed E-state index contributed by atoms with van der Waals surface area (Å²) in [6, 6.07) is 9.05. The van der Waals surface area contributed by atoms with Gasteiger partial charge in [-0.25, -0.2) is 0 Å². The summed E-state index contributed by atoms with van der Waals surface area (Å²) in [4.78, 5) is 15.7. The lowest BCUT2D eigenvalue weighted by molar-refractivity contribution is -0.121. The van der Waals surface area contributed by atoms with E-state index in [2.05, 4.69) is 17.2 Å². The Kier molecular flexibility index (Phi) is 9.86. The minimum Gasteiger partial charge on any atom is -0.504 e. The highest BCUT2D eigenvalue weighted by Gasteiger charge is 2.20. The summed E-state index contributed by atoms with van der Waals surface area (Å²) in [5, 5.41) is 34.7. The van der Waals surface area contributed by atoms with Crippen LogP contribution in [0.5, 0.6) is 11.5 Å². The Bertz CT molecular complexity index is 1590. The highest BCUT2D eigenvalue weighted by molar-refractivity contribution is 5.83. The van der Waals surface area contributed by atoms with Crippen LogP contribution in [0.3, 0.4) is 0 Å². The molecule has 228 valence electrons. The number of nitrogens with one attached hydrogen (secondary N) is 2. The van der Waals surface area contributed by atoms with E-state index in [-0.39, 0.29) is 37.5 Å². The zero-order chi connectivity index (χ0) is 30.3. The number of ketones is 1. The van der Waals surface area contributed by atoms with Crippen LogP contribution < -0.4 is 15.8 Å². The number of hydrogen-bond donors (Lipinski definition) is 6. The molecular weight excluding hydrogens is 544 g/mol. The number of hydrogen-bond acceptors (Lipinski definition) is 7. The smallest absolute Gasteiger partial charge is 0.165 e. The van der Waals surface area contributed by atoms with Gasteiger partial charge in [0.15, 0.2) is 18.2 Å². The van der Waals surface area contributed by atoms with Gasteiger partial charge in [-0.15, -0.1) is 0 Å². The maximum atomic E-state index is 12.4. The lowest BCUT2D eigenvalue weighted by Crippen LogP contribution is -2.28. The molecule has 0 aliphatic carbocycles. The number of rotatable bonds is 15. The van der Waals surface area contributed by atoms with Gasteiger partial charge in [0.1, 0.15) is 11.9 Å². The number of benzene rings is 2. The molecule has 3 heterocycles. The van der Waals surface area contributed by atoms with Crippen LogP contribution >= 0.6 is 0 Å². The number of fused-ring (bicyclic) bond motifs is 2. The van der Waals surface area contributed by atoms with Gasteiger partial charge >= 0.3 is 0 Å². The van der Waals surface area contributed by atoms with Gasteiger partial charge < -0.3 is 40.7 Å². The lowest BCUT2D eigenvalue weighted by atomic mass is 9.89. The van der Waals surface area contributed by atoms with Crippen LogP contribution in [0.4, 0.5) is 0 Å². The number of nitrogens with two attached hydrogens (primary N) is 1. The third-order valence-corrected chi connectivity index (χ3v) is 8.20. The fraction of sp³-hybridized carbons (Fsp3) is 0.382. The first-order valence-electron chi connectivity index (χ1n) is 15.1. The standard InChI is InChI=1S/C34H42N4O5/c1-2-3-4-5-25(40)16-26(41)9-6-22-7-11-32(42)33(14-22)43-21-38-18-30-24(17-37-31(30)19-38)15-29-23(20-39)8-10-28-27(29)12-13-36-34(28)35/h7-8,10-14,17-19,25,34,36-37,39-40,42H,2-6,9,15-16,20-21,35H2,1H3. The Hall–Kier alpha value is -4.05. The molecule has 9 heteroatoms. The minimum absolute atomic E-state index is 0.0333. The molecule has 0 spiro atoms. The molecule has 5 rings (SSSR count). The maximum absolute atomic E-state index is 12.4. The number of aliphatic hydroxyl groups excluding tert-OH is 2. The third-order valence-electron chi connectivity index (χ3n) is 8.20. The van der Waals surface area contributed by atoms with Gasteiger partial charge in [-0.1, -0.05) is 44.4 Å².